The van der Waals surface area contributed by atoms with Crippen molar-refractivity contribution in [1.29, 1.82) is 0 Å². The Hall–Kier alpha value is -1.84. The highest BCUT2D eigenvalue weighted by atomic mass is 35.5. The SMILES string of the molecule is C=C(COCc1cccc(Cl)c1)O[n+]1ccc(C)cc1. The van der Waals surface area contributed by atoms with Crippen LogP contribution in [0.25, 0.3) is 0 Å². The largest absolute Gasteiger partial charge is 0.369 e. The van der Waals surface area contributed by atoms with Crippen LogP contribution in [0.15, 0.2) is 61.1 Å². The molecule has 1 aromatic heterocycles. The molecule has 4 heteroatoms. The molecule has 0 amide bonds. The standard InChI is InChI=1S/C16H17ClNO2/c1-13-6-8-18(9-7-13)20-14(2)11-19-12-15-4-3-5-16(17)10-15/h3-10H,2,11-12H2,1H3/q+1. The summed E-state index contributed by atoms with van der Waals surface area (Å²) in [6.07, 6.45) is 3.66. The molecule has 20 heavy (non-hydrogen) atoms. The van der Waals surface area contributed by atoms with Gasteiger partial charge in [0.25, 0.3) is 0 Å². The van der Waals surface area contributed by atoms with Crippen molar-refractivity contribution >= 4 is 11.6 Å². The summed E-state index contributed by atoms with van der Waals surface area (Å²) in [5.74, 6) is 0.542. The second-order valence-electron chi connectivity index (χ2n) is 4.49. The van der Waals surface area contributed by atoms with Crippen molar-refractivity contribution in [2.24, 2.45) is 0 Å². The van der Waals surface area contributed by atoms with E-state index >= 15 is 0 Å². The van der Waals surface area contributed by atoms with Gasteiger partial charge >= 0.3 is 0 Å². The quantitative estimate of drug-likeness (QED) is 0.602. The van der Waals surface area contributed by atoms with E-state index in [-0.39, 0.29) is 0 Å². The summed E-state index contributed by atoms with van der Waals surface area (Å²) < 4.78 is 7.13. The van der Waals surface area contributed by atoms with E-state index in [0.717, 1.165) is 5.56 Å². The fourth-order valence-corrected chi connectivity index (χ4v) is 1.85. The van der Waals surface area contributed by atoms with Crippen LogP contribution in [0.5, 0.6) is 0 Å². The average Bonchev–Trinajstić information content (AvgIpc) is 2.41. The number of ether oxygens (including phenoxy) is 1. The molecule has 0 saturated heterocycles. The van der Waals surface area contributed by atoms with Crippen LogP contribution >= 0.6 is 11.6 Å². The van der Waals surface area contributed by atoms with Crippen LogP contribution in [0.4, 0.5) is 0 Å². The predicted molar refractivity (Wildman–Crippen MR) is 78.2 cm³/mol. The fourth-order valence-electron chi connectivity index (χ4n) is 1.63. The van der Waals surface area contributed by atoms with E-state index in [1.807, 2.05) is 55.7 Å². The minimum Gasteiger partial charge on any atom is -0.369 e. The number of halogens is 1. The van der Waals surface area contributed by atoms with Crippen molar-refractivity contribution in [2.45, 2.75) is 13.5 Å². The first-order chi connectivity index (χ1) is 9.63. The van der Waals surface area contributed by atoms with Gasteiger partial charge < -0.3 is 4.74 Å². The molecule has 0 aliphatic carbocycles. The monoisotopic (exact) mass is 290 g/mol. The third kappa shape index (κ3) is 4.68. The highest BCUT2D eigenvalue weighted by molar-refractivity contribution is 6.30. The fraction of sp³-hybridized carbons (Fsp3) is 0.188. The van der Waals surface area contributed by atoms with Gasteiger partial charge in [-0.15, -0.1) is 0 Å². The minimum absolute atomic E-state index is 0.327. The van der Waals surface area contributed by atoms with E-state index in [9.17, 15) is 0 Å². The Kier molecular flexibility index (Phi) is 5.16. The number of hydrogen-bond acceptors (Lipinski definition) is 2. The maximum Gasteiger partial charge on any atom is 0.223 e. The molecule has 2 rings (SSSR count). The topological polar surface area (TPSA) is 22.3 Å². The van der Waals surface area contributed by atoms with Gasteiger partial charge in [0.1, 0.15) is 6.61 Å². The molecule has 1 aromatic carbocycles. The summed E-state index contributed by atoms with van der Waals surface area (Å²) in [6.45, 7) is 6.65. The first-order valence-electron chi connectivity index (χ1n) is 6.30. The van der Waals surface area contributed by atoms with E-state index in [2.05, 4.69) is 6.58 Å². The Bertz CT molecular complexity index is 581. The van der Waals surface area contributed by atoms with Gasteiger partial charge in [0.2, 0.25) is 12.4 Å². The summed E-state index contributed by atoms with van der Waals surface area (Å²) in [5.41, 5.74) is 2.20. The van der Waals surface area contributed by atoms with Crippen molar-refractivity contribution in [2.75, 3.05) is 6.61 Å². The molecule has 0 fully saturated rings. The summed E-state index contributed by atoms with van der Waals surface area (Å²) >= 11 is 5.91. The highest BCUT2D eigenvalue weighted by Gasteiger charge is 2.05. The smallest absolute Gasteiger partial charge is 0.223 e. The maximum atomic E-state index is 5.91. The molecule has 2 aromatic rings. The zero-order valence-electron chi connectivity index (χ0n) is 11.4. The number of hydrogen-bond donors (Lipinski definition) is 0. The van der Waals surface area contributed by atoms with Gasteiger partial charge in [-0.3, -0.25) is 0 Å². The first kappa shape index (κ1) is 14.6. The Morgan fingerprint density at radius 2 is 2.00 bits per heavy atom. The maximum absolute atomic E-state index is 5.91. The molecule has 0 unspecified atom stereocenters. The Labute approximate surface area is 124 Å². The number of nitrogens with zero attached hydrogens (tertiary/aromatic N) is 1. The molecule has 0 atom stereocenters. The van der Waals surface area contributed by atoms with E-state index < -0.39 is 0 Å². The minimum atomic E-state index is 0.327. The molecule has 1 heterocycles. The Balaban J connectivity index is 1.76. The van der Waals surface area contributed by atoms with Crippen molar-refractivity contribution in [3.63, 3.8) is 0 Å². The summed E-state index contributed by atoms with van der Waals surface area (Å²) in [4.78, 5) is 5.50. The second kappa shape index (κ2) is 7.08. The van der Waals surface area contributed by atoms with Gasteiger partial charge in [-0.2, -0.15) is 0 Å². The van der Waals surface area contributed by atoms with Gasteiger partial charge in [0, 0.05) is 21.9 Å². The number of benzene rings is 1. The number of aryl methyl sites for hydroxylation is 1. The molecular weight excluding hydrogens is 274 g/mol. The van der Waals surface area contributed by atoms with Crippen molar-refractivity contribution in [1.82, 2.24) is 0 Å². The number of aromatic nitrogens is 1. The molecule has 0 radical (unpaired) electrons. The molecule has 0 N–H and O–H groups in total. The van der Waals surface area contributed by atoms with Crippen LogP contribution in [-0.2, 0) is 11.3 Å². The van der Waals surface area contributed by atoms with E-state index in [0.29, 0.717) is 24.0 Å². The van der Waals surface area contributed by atoms with Crippen LogP contribution < -0.4 is 9.57 Å². The molecule has 0 bridgehead atoms. The van der Waals surface area contributed by atoms with Gasteiger partial charge in [0.15, 0.2) is 5.76 Å². The Morgan fingerprint density at radius 3 is 2.70 bits per heavy atom. The van der Waals surface area contributed by atoms with Crippen LogP contribution in [0, 0.1) is 6.92 Å². The van der Waals surface area contributed by atoms with Gasteiger partial charge in [-0.1, -0.05) is 30.3 Å². The predicted octanol–water partition coefficient (Wildman–Crippen LogP) is 3.10. The van der Waals surface area contributed by atoms with E-state index in [4.69, 9.17) is 21.2 Å². The third-order valence-electron chi connectivity index (χ3n) is 2.62. The molecule has 3 nitrogen and oxygen atoms in total. The Morgan fingerprint density at radius 1 is 1.25 bits per heavy atom. The lowest BCUT2D eigenvalue weighted by Crippen LogP contribution is -2.41. The normalized spacial score (nSPS) is 10.3. The second-order valence-corrected chi connectivity index (χ2v) is 4.92. The van der Waals surface area contributed by atoms with Crippen molar-refractivity contribution in [3.8, 4) is 0 Å². The third-order valence-corrected chi connectivity index (χ3v) is 2.86. The highest BCUT2D eigenvalue weighted by Crippen LogP contribution is 2.11. The van der Waals surface area contributed by atoms with E-state index in [1.54, 1.807) is 4.73 Å². The van der Waals surface area contributed by atoms with Gasteiger partial charge in [-0.25, -0.2) is 4.84 Å². The number of rotatable bonds is 6. The van der Waals surface area contributed by atoms with Crippen LogP contribution in [0.1, 0.15) is 11.1 Å². The lowest BCUT2D eigenvalue weighted by molar-refractivity contribution is -0.880. The zero-order valence-corrected chi connectivity index (χ0v) is 12.1. The van der Waals surface area contributed by atoms with Gasteiger partial charge in [-0.05, 0) is 30.2 Å². The molecule has 0 aliphatic heterocycles. The van der Waals surface area contributed by atoms with E-state index in [1.165, 1.54) is 5.56 Å². The average molecular weight is 291 g/mol. The molecular formula is C16H17ClNO2+. The van der Waals surface area contributed by atoms with Crippen LogP contribution in [-0.4, -0.2) is 6.61 Å². The molecule has 0 spiro atoms. The first-order valence-corrected chi connectivity index (χ1v) is 6.67. The van der Waals surface area contributed by atoms with Crippen molar-refractivity contribution in [3.05, 3.63) is 77.3 Å². The summed E-state index contributed by atoms with van der Waals surface area (Å²) in [6, 6.07) is 11.5. The molecule has 0 saturated carbocycles. The summed E-state index contributed by atoms with van der Waals surface area (Å²) in [7, 11) is 0. The zero-order chi connectivity index (χ0) is 14.4. The lowest BCUT2D eigenvalue weighted by atomic mass is 10.2. The number of pyridine rings is 1. The summed E-state index contributed by atoms with van der Waals surface area (Å²) in [5, 5.41) is 0.705. The van der Waals surface area contributed by atoms with Crippen molar-refractivity contribution < 1.29 is 14.3 Å². The van der Waals surface area contributed by atoms with Crippen LogP contribution in [0.3, 0.4) is 0 Å². The molecule has 104 valence electrons. The lowest BCUT2D eigenvalue weighted by Gasteiger charge is -2.05. The van der Waals surface area contributed by atoms with Crippen LogP contribution in [0.2, 0.25) is 5.02 Å². The molecule has 0 aliphatic rings. The van der Waals surface area contributed by atoms with Gasteiger partial charge in [0.05, 0.1) is 6.61 Å².